The molecule has 0 saturated heterocycles. The van der Waals surface area contributed by atoms with Gasteiger partial charge in [0.2, 0.25) is 0 Å². The molecular weight excluding hydrogens is 228 g/mol. The number of carbonyl (C=O) groups is 1. The summed E-state index contributed by atoms with van der Waals surface area (Å²) < 4.78 is 2.10. The van der Waals surface area contributed by atoms with E-state index in [1.165, 1.54) is 5.56 Å². The Labute approximate surface area is 106 Å². The summed E-state index contributed by atoms with van der Waals surface area (Å²) in [7, 11) is 0. The average Bonchev–Trinajstić information content (AvgIpc) is 2.68. The van der Waals surface area contributed by atoms with Crippen LogP contribution in [-0.2, 0) is 6.42 Å². The van der Waals surface area contributed by atoms with E-state index in [9.17, 15) is 4.79 Å². The van der Waals surface area contributed by atoms with Crippen molar-refractivity contribution < 1.29 is 9.90 Å². The highest BCUT2D eigenvalue weighted by Gasteiger charge is 2.12. The van der Waals surface area contributed by atoms with E-state index in [0.717, 1.165) is 17.3 Å². The molecule has 0 amide bonds. The molecule has 1 aromatic carbocycles. The topological polar surface area (TPSA) is 68.2 Å². The second kappa shape index (κ2) is 4.82. The largest absolute Gasteiger partial charge is 0.478 e. The normalized spacial score (nSPS) is 11.3. The zero-order chi connectivity index (χ0) is 13.3. The van der Waals surface area contributed by atoms with Gasteiger partial charge in [-0.2, -0.15) is 0 Å². The van der Waals surface area contributed by atoms with E-state index in [1.807, 2.05) is 6.07 Å². The molecule has 2 rings (SSSR count). The molecule has 0 fully saturated rings. The van der Waals surface area contributed by atoms with Gasteiger partial charge >= 0.3 is 5.97 Å². The van der Waals surface area contributed by atoms with Gasteiger partial charge in [-0.1, -0.05) is 6.07 Å². The Morgan fingerprint density at radius 3 is 2.72 bits per heavy atom. The predicted molar refractivity (Wildman–Crippen MR) is 72.0 cm³/mol. The van der Waals surface area contributed by atoms with Crippen LogP contribution in [0.25, 0.3) is 10.9 Å². The third-order valence-electron chi connectivity index (χ3n) is 3.13. The lowest BCUT2D eigenvalue weighted by molar-refractivity contribution is 0.0697. The minimum atomic E-state index is -0.895. The Balaban J connectivity index is 2.67. The predicted octanol–water partition coefficient (Wildman–Crippen LogP) is 2.42. The summed E-state index contributed by atoms with van der Waals surface area (Å²) in [5, 5.41) is 10.2. The van der Waals surface area contributed by atoms with Gasteiger partial charge in [-0.05, 0) is 44.5 Å². The van der Waals surface area contributed by atoms with E-state index in [0.29, 0.717) is 18.2 Å². The number of aromatic nitrogens is 1. The third-order valence-corrected chi connectivity index (χ3v) is 3.13. The minimum Gasteiger partial charge on any atom is -0.478 e. The van der Waals surface area contributed by atoms with Gasteiger partial charge in [0.25, 0.3) is 0 Å². The lowest BCUT2D eigenvalue weighted by Gasteiger charge is -2.09. The van der Waals surface area contributed by atoms with Crippen LogP contribution < -0.4 is 5.73 Å². The summed E-state index contributed by atoms with van der Waals surface area (Å²) in [5.41, 5.74) is 8.08. The number of carboxylic acid groups (broad SMARTS) is 1. The Morgan fingerprint density at radius 1 is 1.44 bits per heavy atom. The second-order valence-electron chi connectivity index (χ2n) is 4.73. The molecule has 0 spiro atoms. The van der Waals surface area contributed by atoms with Crippen LogP contribution in [0.4, 0.5) is 0 Å². The Bertz CT molecular complexity index is 585. The number of nitrogens with two attached hydrogens (primary N) is 1. The van der Waals surface area contributed by atoms with Gasteiger partial charge in [-0.15, -0.1) is 0 Å². The Kier molecular flexibility index (Phi) is 3.39. The van der Waals surface area contributed by atoms with Crippen molar-refractivity contribution in [2.45, 2.75) is 26.3 Å². The number of aromatic carboxylic acids is 1. The maximum atomic E-state index is 11.0. The Hall–Kier alpha value is -1.81. The molecule has 0 aliphatic rings. The zero-order valence-corrected chi connectivity index (χ0v) is 10.7. The van der Waals surface area contributed by atoms with Crippen LogP contribution in [0.2, 0.25) is 0 Å². The first-order valence-corrected chi connectivity index (χ1v) is 6.11. The van der Waals surface area contributed by atoms with Gasteiger partial charge in [0, 0.05) is 23.1 Å². The SMILES string of the molecule is CC(C)n1cc(CCN)c2ccc(C(=O)O)cc21. The van der Waals surface area contributed by atoms with Crippen molar-refractivity contribution in [3.05, 3.63) is 35.5 Å². The van der Waals surface area contributed by atoms with Crippen LogP contribution in [0.3, 0.4) is 0 Å². The Morgan fingerprint density at radius 2 is 2.17 bits per heavy atom. The van der Waals surface area contributed by atoms with Gasteiger partial charge in [0.1, 0.15) is 0 Å². The molecule has 1 aromatic heterocycles. The molecule has 4 heteroatoms. The monoisotopic (exact) mass is 246 g/mol. The van der Waals surface area contributed by atoms with Gasteiger partial charge in [0.15, 0.2) is 0 Å². The maximum Gasteiger partial charge on any atom is 0.335 e. The number of hydrogen-bond donors (Lipinski definition) is 2. The summed E-state index contributed by atoms with van der Waals surface area (Å²) in [6.07, 6.45) is 2.89. The standard InChI is InChI=1S/C14H18N2O2/c1-9(2)16-8-11(5-6-15)12-4-3-10(14(17)18)7-13(12)16/h3-4,7-9H,5-6,15H2,1-2H3,(H,17,18). The average molecular weight is 246 g/mol. The summed E-state index contributed by atoms with van der Waals surface area (Å²) in [6, 6.07) is 5.55. The third kappa shape index (κ3) is 2.11. The number of benzene rings is 1. The zero-order valence-electron chi connectivity index (χ0n) is 10.7. The molecule has 0 radical (unpaired) electrons. The molecular formula is C14H18N2O2. The van der Waals surface area contributed by atoms with E-state index in [1.54, 1.807) is 12.1 Å². The van der Waals surface area contributed by atoms with Crippen LogP contribution in [0.5, 0.6) is 0 Å². The van der Waals surface area contributed by atoms with E-state index in [2.05, 4.69) is 24.6 Å². The molecule has 0 unspecified atom stereocenters. The van der Waals surface area contributed by atoms with E-state index >= 15 is 0 Å². The molecule has 0 bridgehead atoms. The molecule has 96 valence electrons. The first-order valence-electron chi connectivity index (χ1n) is 6.11. The van der Waals surface area contributed by atoms with Crippen LogP contribution in [-0.4, -0.2) is 22.2 Å². The van der Waals surface area contributed by atoms with Crippen molar-refractivity contribution in [3.63, 3.8) is 0 Å². The first-order chi connectivity index (χ1) is 8.54. The van der Waals surface area contributed by atoms with Gasteiger partial charge in [0.05, 0.1) is 5.56 Å². The second-order valence-corrected chi connectivity index (χ2v) is 4.73. The molecule has 0 saturated carbocycles. The summed E-state index contributed by atoms with van der Waals surface area (Å²) in [5.74, 6) is -0.895. The number of carboxylic acids is 1. The quantitative estimate of drug-likeness (QED) is 0.870. The highest BCUT2D eigenvalue weighted by Crippen LogP contribution is 2.26. The molecule has 0 aliphatic heterocycles. The lowest BCUT2D eigenvalue weighted by atomic mass is 10.1. The molecule has 0 atom stereocenters. The van der Waals surface area contributed by atoms with E-state index in [-0.39, 0.29) is 0 Å². The van der Waals surface area contributed by atoms with E-state index < -0.39 is 5.97 Å². The van der Waals surface area contributed by atoms with Crippen LogP contribution >= 0.6 is 0 Å². The van der Waals surface area contributed by atoms with Gasteiger partial charge in [-0.25, -0.2) is 4.79 Å². The number of rotatable bonds is 4. The highest BCUT2D eigenvalue weighted by molar-refractivity contribution is 5.94. The highest BCUT2D eigenvalue weighted by atomic mass is 16.4. The minimum absolute atomic E-state index is 0.295. The van der Waals surface area contributed by atoms with Crippen molar-refractivity contribution >= 4 is 16.9 Å². The van der Waals surface area contributed by atoms with Gasteiger partial charge in [-0.3, -0.25) is 0 Å². The van der Waals surface area contributed by atoms with Crippen LogP contribution in [0.15, 0.2) is 24.4 Å². The number of hydrogen-bond acceptors (Lipinski definition) is 2. The van der Waals surface area contributed by atoms with Crippen molar-refractivity contribution in [2.75, 3.05) is 6.54 Å². The van der Waals surface area contributed by atoms with Crippen LogP contribution in [0, 0.1) is 0 Å². The van der Waals surface area contributed by atoms with Crippen molar-refractivity contribution in [2.24, 2.45) is 5.73 Å². The fraction of sp³-hybridized carbons (Fsp3) is 0.357. The van der Waals surface area contributed by atoms with Crippen LogP contribution in [0.1, 0.15) is 35.8 Å². The lowest BCUT2D eigenvalue weighted by Crippen LogP contribution is -2.02. The first kappa shape index (κ1) is 12.6. The fourth-order valence-corrected chi connectivity index (χ4v) is 2.24. The summed E-state index contributed by atoms with van der Waals surface area (Å²) >= 11 is 0. The summed E-state index contributed by atoms with van der Waals surface area (Å²) in [6.45, 7) is 4.76. The maximum absolute atomic E-state index is 11.0. The molecule has 4 nitrogen and oxygen atoms in total. The molecule has 2 aromatic rings. The number of fused-ring (bicyclic) bond motifs is 1. The molecule has 18 heavy (non-hydrogen) atoms. The van der Waals surface area contributed by atoms with Crippen molar-refractivity contribution in [1.82, 2.24) is 4.57 Å². The smallest absolute Gasteiger partial charge is 0.335 e. The fourth-order valence-electron chi connectivity index (χ4n) is 2.24. The molecule has 1 heterocycles. The van der Waals surface area contributed by atoms with Gasteiger partial charge < -0.3 is 15.4 Å². The van der Waals surface area contributed by atoms with Crippen molar-refractivity contribution in [3.8, 4) is 0 Å². The van der Waals surface area contributed by atoms with Crippen molar-refractivity contribution in [1.29, 1.82) is 0 Å². The molecule has 3 N–H and O–H groups in total. The van der Waals surface area contributed by atoms with E-state index in [4.69, 9.17) is 10.8 Å². The summed E-state index contributed by atoms with van der Waals surface area (Å²) in [4.78, 5) is 11.0. The molecule has 0 aliphatic carbocycles. The number of nitrogens with zero attached hydrogens (tertiary/aromatic N) is 1.